The Balaban J connectivity index is 4.49. The van der Waals surface area contributed by atoms with E-state index in [1.807, 2.05) is 0 Å². The largest absolute Gasteiger partial charge is 0.462 e. The predicted octanol–water partition coefficient (Wildman–Crippen LogP) is 21.8. The number of hydrogen-bond acceptors (Lipinski definition) is 6. The molecule has 0 spiro atoms. The van der Waals surface area contributed by atoms with Gasteiger partial charge in [-0.1, -0.05) is 265 Å². The van der Waals surface area contributed by atoms with Crippen molar-refractivity contribution in [3.8, 4) is 0 Å². The van der Waals surface area contributed by atoms with Crippen LogP contribution in [0.3, 0.4) is 0 Å². The Labute approximate surface area is 470 Å². The highest BCUT2D eigenvalue weighted by atomic mass is 16.6. The molecule has 0 saturated heterocycles. The average molecular weight is 1060 g/mol. The second-order valence-corrected chi connectivity index (χ2v) is 20.9. The van der Waals surface area contributed by atoms with Crippen LogP contribution in [-0.4, -0.2) is 37.2 Å². The smallest absolute Gasteiger partial charge is 0.306 e. The van der Waals surface area contributed by atoms with Gasteiger partial charge in [-0.2, -0.15) is 0 Å². The molecule has 6 nitrogen and oxygen atoms in total. The zero-order valence-electron chi connectivity index (χ0n) is 49.7. The molecule has 1 unspecified atom stereocenters. The van der Waals surface area contributed by atoms with Gasteiger partial charge in [0.15, 0.2) is 6.10 Å². The van der Waals surface area contributed by atoms with Crippen molar-refractivity contribution in [2.45, 2.75) is 303 Å². The molecular formula is C70H118O6. The van der Waals surface area contributed by atoms with Crippen molar-refractivity contribution in [1.29, 1.82) is 0 Å². The normalized spacial score (nSPS) is 12.8. The van der Waals surface area contributed by atoms with Crippen molar-refractivity contribution in [3.05, 3.63) is 109 Å². The number of rotatable bonds is 57. The van der Waals surface area contributed by atoms with Crippen molar-refractivity contribution >= 4 is 17.9 Å². The summed E-state index contributed by atoms with van der Waals surface area (Å²) >= 11 is 0. The molecule has 434 valence electrons. The Bertz CT molecular complexity index is 1540. The van der Waals surface area contributed by atoms with Crippen molar-refractivity contribution in [2.75, 3.05) is 13.2 Å². The second-order valence-electron chi connectivity index (χ2n) is 20.9. The van der Waals surface area contributed by atoms with Gasteiger partial charge in [0.25, 0.3) is 0 Å². The molecule has 0 saturated carbocycles. The average Bonchev–Trinajstić information content (AvgIpc) is 3.42. The van der Waals surface area contributed by atoms with Gasteiger partial charge < -0.3 is 14.2 Å². The molecule has 0 amide bonds. The second kappa shape index (κ2) is 63.6. The Hall–Kier alpha value is -3.93. The third-order valence-electron chi connectivity index (χ3n) is 13.5. The van der Waals surface area contributed by atoms with Crippen molar-refractivity contribution in [2.24, 2.45) is 0 Å². The van der Waals surface area contributed by atoms with Crippen LogP contribution in [0.25, 0.3) is 0 Å². The van der Waals surface area contributed by atoms with Gasteiger partial charge in [0, 0.05) is 19.3 Å². The van der Waals surface area contributed by atoms with Gasteiger partial charge in [0.05, 0.1) is 0 Å². The minimum atomic E-state index is -0.809. The summed E-state index contributed by atoms with van der Waals surface area (Å²) in [6, 6.07) is 0. The highest BCUT2D eigenvalue weighted by molar-refractivity contribution is 5.71. The Kier molecular flexibility index (Phi) is 60.3. The van der Waals surface area contributed by atoms with Crippen LogP contribution in [0.1, 0.15) is 297 Å². The zero-order valence-corrected chi connectivity index (χ0v) is 49.7. The first-order valence-electron chi connectivity index (χ1n) is 31.9. The molecule has 0 rings (SSSR count). The molecule has 0 aliphatic carbocycles. The van der Waals surface area contributed by atoms with E-state index in [9.17, 15) is 14.4 Å². The fraction of sp³-hybridized carbons (Fsp3) is 0.700. The van der Waals surface area contributed by atoms with Crippen LogP contribution >= 0.6 is 0 Å². The molecule has 0 aromatic heterocycles. The maximum atomic E-state index is 12.9. The molecule has 0 bridgehead atoms. The fourth-order valence-corrected chi connectivity index (χ4v) is 8.72. The molecule has 6 heteroatoms. The minimum absolute atomic E-state index is 0.100. The van der Waals surface area contributed by atoms with E-state index < -0.39 is 6.10 Å². The molecule has 0 heterocycles. The molecule has 0 aliphatic rings. The van der Waals surface area contributed by atoms with Gasteiger partial charge in [-0.25, -0.2) is 0 Å². The molecule has 0 aliphatic heterocycles. The van der Waals surface area contributed by atoms with Gasteiger partial charge in [-0.3, -0.25) is 14.4 Å². The number of carbonyl (C=O) groups excluding carboxylic acids is 3. The highest BCUT2D eigenvalue weighted by Crippen LogP contribution is 2.15. The van der Waals surface area contributed by atoms with E-state index in [0.29, 0.717) is 19.3 Å². The van der Waals surface area contributed by atoms with Crippen molar-refractivity contribution in [3.63, 3.8) is 0 Å². The molecular weight excluding hydrogens is 937 g/mol. The monoisotopic (exact) mass is 1050 g/mol. The number of carbonyl (C=O) groups is 3. The Morgan fingerprint density at radius 2 is 0.526 bits per heavy atom. The van der Waals surface area contributed by atoms with E-state index in [2.05, 4.69) is 130 Å². The molecule has 0 aromatic rings. The molecule has 76 heavy (non-hydrogen) atoms. The third-order valence-corrected chi connectivity index (χ3v) is 13.5. The first kappa shape index (κ1) is 72.1. The summed E-state index contributed by atoms with van der Waals surface area (Å²) in [4.78, 5) is 38.3. The maximum Gasteiger partial charge on any atom is 0.306 e. The number of esters is 3. The van der Waals surface area contributed by atoms with E-state index in [1.165, 1.54) is 161 Å². The molecule has 0 aromatic carbocycles. The predicted molar refractivity (Wildman–Crippen MR) is 330 cm³/mol. The van der Waals surface area contributed by atoms with Crippen LogP contribution in [0.15, 0.2) is 109 Å². The SMILES string of the molecule is CC/C=C\C/C=C\C/C=C\C/C=C\C/C=C\C/C=C\C/C=C\CCCC(=O)OCC(COC(=O)CCCCCCCCC/C=C\CCCCCCCC)OC(=O)CCCCCCCCC/C=C\CCCCCCCCC. The minimum Gasteiger partial charge on any atom is -0.462 e. The lowest BCUT2D eigenvalue weighted by Gasteiger charge is -2.18. The van der Waals surface area contributed by atoms with Crippen LogP contribution in [0.5, 0.6) is 0 Å². The number of allylic oxidation sites excluding steroid dienone is 18. The van der Waals surface area contributed by atoms with Crippen molar-refractivity contribution < 1.29 is 28.6 Å². The summed E-state index contributed by atoms with van der Waals surface area (Å²) in [5.74, 6) is -0.964. The molecule has 0 N–H and O–H groups in total. The van der Waals surface area contributed by atoms with Crippen LogP contribution in [0.4, 0.5) is 0 Å². The topological polar surface area (TPSA) is 78.9 Å². The number of hydrogen-bond donors (Lipinski definition) is 0. The van der Waals surface area contributed by atoms with E-state index in [4.69, 9.17) is 14.2 Å². The third kappa shape index (κ3) is 60.9. The highest BCUT2D eigenvalue weighted by Gasteiger charge is 2.19. The van der Waals surface area contributed by atoms with Crippen LogP contribution in [-0.2, 0) is 28.6 Å². The summed E-state index contributed by atoms with van der Waals surface area (Å²) in [5.41, 5.74) is 0. The van der Waals surface area contributed by atoms with E-state index in [-0.39, 0.29) is 37.5 Å². The lowest BCUT2D eigenvalue weighted by molar-refractivity contribution is -0.167. The first-order chi connectivity index (χ1) is 37.5. The van der Waals surface area contributed by atoms with E-state index >= 15 is 0 Å². The van der Waals surface area contributed by atoms with Gasteiger partial charge in [0.2, 0.25) is 0 Å². The first-order valence-corrected chi connectivity index (χ1v) is 31.9. The maximum absolute atomic E-state index is 12.9. The summed E-state index contributed by atoms with van der Waals surface area (Å²) in [7, 11) is 0. The molecule has 0 radical (unpaired) electrons. The fourth-order valence-electron chi connectivity index (χ4n) is 8.72. The quantitative estimate of drug-likeness (QED) is 0.0261. The molecule has 0 fully saturated rings. The van der Waals surface area contributed by atoms with E-state index in [0.717, 1.165) is 89.9 Å². The van der Waals surface area contributed by atoms with Gasteiger partial charge in [-0.15, -0.1) is 0 Å². The van der Waals surface area contributed by atoms with Crippen molar-refractivity contribution in [1.82, 2.24) is 0 Å². The summed E-state index contributed by atoms with van der Waals surface area (Å²) < 4.78 is 16.9. The Morgan fingerprint density at radius 1 is 0.276 bits per heavy atom. The van der Waals surface area contributed by atoms with Gasteiger partial charge in [0.1, 0.15) is 13.2 Å². The van der Waals surface area contributed by atoms with Gasteiger partial charge in [-0.05, 0) is 122 Å². The van der Waals surface area contributed by atoms with Crippen LogP contribution in [0, 0.1) is 0 Å². The molecule has 1 atom stereocenters. The summed E-state index contributed by atoms with van der Waals surface area (Å²) in [6.07, 6.45) is 86.6. The van der Waals surface area contributed by atoms with Crippen LogP contribution in [0.2, 0.25) is 0 Å². The lowest BCUT2D eigenvalue weighted by Crippen LogP contribution is -2.30. The summed E-state index contributed by atoms with van der Waals surface area (Å²) in [6.45, 7) is 6.49. The standard InChI is InChI=1S/C70H118O6/c1-4-7-10-13-16-19-22-25-28-31-33-34-35-36-37-40-42-45-48-51-54-57-60-63-69(72)75-66-67(65-74-68(71)62-59-56-53-50-47-44-41-38-30-27-24-21-18-15-12-9-6-3)76-70(73)64-61-58-55-52-49-46-43-39-32-29-26-23-20-17-14-11-8-5-2/h7,10,16,19,25,27-30,32-34,36-37,42,45,51,54,67H,4-6,8-9,11-15,17-18,20-24,26,31,35,38-41,43-44,46-50,52-53,55-66H2,1-3H3/b10-7-,19-16-,28-25-,30-27-,32-29-,34-33-,37-36-,45-42-,54-51-. The van der Waals surface area contributed by atoms with E-state index in [1.54, 1.807) is 0 Å². The van der Waals surface area contributed by atoms with Gasteiger partial charge >= 0.3 is 17.9 Å². The number of unbranched alkanes of at least 4 members (excludes halogenated alkanes) is 28. The number of ether oxygens (including phenoxy) is 3. The zero-order chi connectivity index (χ0) is 55.0. The van der Waals surface area contributed by atoms with Crippen LogP contribution < -0.4 is 0 Å². The lowest BCUT2D eigenvalue weighted by atomic mass is 10.1. The summed E-state index contributed by atoms with van der Waals surface area (Å²) in [5, 5.41) is 0. The Morgan fingerprint density at radius 3 is 0.868 bits per heavy atom.